The van der Waals surface area contributed by atoms with E-state index in [-0.39, 0.29) is 41.5 Å². The quantitative estimate of drug-likeness (QED) is 0.0348. The van der Waals surface area contributed by atoms with Crippen molar-refractivity contribution in [2.45, 2.75) is 219 Å². The molecule has 1 radical (unpaired) electrons. The normalized spacial score (nSPS) is 10.9. The zero-order valence-electron chi connectivity index (χ0n) is 27.9. The number of carbonyl (C=O) groups is 2. The molecule has 0 aromatic rings. The summed E-state index contributed by atoms with van der Waals surface area (Å²) in [4.78, 5) is 23.8. The van der Waals surface area contributed by atoms with Crippen LogP contribution in [0.5, 0.6) is 0 Å². The standard InChI is InChI=1S/C36H70O3.Na/c1-3-5-7-9-11-13-15-17-19-21-23-25-27-29-31-33-35(37)39-36(38)34-32-30-28-26-24-22-20-18-16-14-12-10-8-6-4-2;/h3-34H2,1-2H3;. The summed E-state index contributed by atoms with van der Waals surface area (Å²) in [6.07, 6.45) is 40.1. The second-order valence-electron chi connectivity index (χ2n) is 12.2. The molecule has 0 fully saturated rings. The Hall–Kier alpha value is 0.140. The van der Waals surface area contributed by atoms with Crippen LogP contribution >= 0.6 is 0 Å². The van der Waals surface area contributed by atoms with Crippen molar-refractivity contribution in [2.24, 2.45) is 0 Å². The summed E-state index contributed by atoms with van der Waals surface area (Å²) in [6.45, 7) is 4.55. The number of hydrogen-bond donors (Lipinski definition) is 0. The van der Waals surface area contributed by atoms with Crippen molar-refractivity contribution in [1.29, 1.82) is 0 Å². The van der Waals surface area contributed by atoms with Crippen LogP contribution in [-0.2, 0) is 14.3 Å². The third kappa shape index (κ3) is 36.2. The van der Waals surface area contributed by atoms with E-state index in [1.807, 2.05) is 0 Å². The van der Waals surface area contributed by atoms with Gasteiger partial charge >= 0.3 is 11.9 Å². The fraction of sp³-hybridized carbons (Fsp3) is 0.944. The zero-order chi connectivity index (χ0) is 28.5. The number of esters is 2. The molecule has 0 aromatic heterocycles. The number of carbonyl (C=O) groups excluding carboxylic acids is 2. The first-order valence-electron chi connectivity index (χ1n) is 17.9. The Balaban J connectivity index is 0. The maximum absolute atomic E-state index is 11.9. The van der Waals surface area contributed by atoms with E-state index in [4.69, 9.17) is 4.74 Å². The van der Waals surface area contributed by atoms with Crippen molar-refractivity contribution in [3.05, 3.63) is 0 Å². The van der Waals surface area contributed by atoms with Crippen LogP contribution in [0.25, 0.3) is 0 Å². The summed E-state index contributed by atoms with van der Waals surface area (Å²) in [5, 5.41) is 0. The van der Waals surface area contributed by atoms with Gasteiger partial charge in [-0.25, -0.2) is 0 Å². The molecule has 3 nitrogen and oxygen atoms in total. The molecule has 0 saturated heterocycles. The van der Waals surface area contributed by atoms with Gasteiger partial charge in [0, 0.05) is 42.4 Å². The number of hydrogen-bond acceptors (Lipinski definition) is 3. The largest absolute Gasteiger partial charge is 0.393 e. The number of unbranched alkanes of at least 4 members (excludes halogenated alkanes) is 28. The van der Waals surface area contributed by atoms with Crippen LogP contribution in [0.2, 0.25) is 0 Å². The third-order valence-corrected chi connectivity index (χ3v) is 8.20. The molecule has 0 N–H and O–H groups in total. The van der Waals surface area contributed by atoms with E-state index in [0.29, 0.717) is 12.8 Å². The van der Waals surface area contributed by atoms with E-state index in [1.54, 1.807) is 0 Å². The molecule has 0 aromatic carbocycles. The molecule has 0 spiro atoms. The maximum Gasteiger partial charge on any atom is 0.313 e. The van der Waals surface area contributed by atoms with Gasteiger partial charge in [0.2, 0.25) is 0 Å². The Morgan fingerprint density at radius 3 is 0.700 bits per heavy atom. The van der Waals surface area contributed by atoms with Crippen LogP contribution in [0.1, 0.15) is 219 Å². The minimum absolute atomic E-state index is 0. The van der Waals surface area contributed by atoms with E-state index >= 15 is 0 Å². The molecule has 0 saturated carbocycles. The Morgan fingerprint density at radius 2 is 0.500 bits per heavy atom. The van der Waals surface area contributed by atoms with E-state index in [0.717, 1.165) is 25.7 Å². The van der Waals surface area contributed by atoms with Gasteiger partial charge in [-0.05, 0) is 12.8 Å². The number of ether oxygens (including phenoxy) is 1. The second-order valence-corrected chi connectivity index (χ2v) is 12.2. The first-order valence-corrected chi connectivity index (χ1v) is 17.9. The van der Waals surface area contributed by atoms with Gasteiger partial charge in [-0.15, -0.1) is 0 Å². The van der Waals surface area contributed by atoms with Crippen LogP contribution in [-0.4, -0.2) is 41.5 Å². The van der Waals surface area contributed by atoms with E-state index in [2.05, 4.69) is 13.8 Å². The fourth-order valence-corrected chi connectivity index (χ4v) is 5.51. The van der Waals surface area contributed by atoms with Gasteiger partial charge in [0.1, 0.15) is 0 Å². The second kappa shape index (κ2) is 37.2. The molecule has 0 rings (SSSR count). The van der Waals surface area contributed by atoms with Crippen molar-refractivity contribution in [3.8, 4) is 0 Å². The van der Waals surface area contributed by atoms with Crippen LogP contribution < -0.4 is 0 Å². The monoisotopic (exact) mass is 574 g/mol. The zero-order valence-corrected chi connectivity index (χ0v) is 29.9. The Labute approximate surface area is 273 Å². The first-order chi connectivity index (χ1) is 19.2. The van der Waals surface area contributed by atoms with Gasteiger partial charge in [-0.2, -0.15) is 0 Å². The van der Waals surface area contributed by atoms with Crippen LogP contribution in [0.3, 0.4) is 0 Å². The molecule has 0 atom stereocenters. The molecule has 0 aliphatic carbocycles. The van der Waals surface area contributed by atoms with Crippen molar-refractivity contribution in [2.75, 3.05) is 0 Å². The third-order valence-electron chi connectivity index (χ3n) is 8.20. The number of rotatable bonds is 32. The molecule has 0 aliphatic rings. The van der Waals surface area contributed by atoms with Crippen LogP contribution in [0, 0.1) is 0 Å². The minimum Gasteiger partial charge on any atom is -0.393 e. The summed E-state index contributed by atoms with van der Waals surface area (Å²) in [5.41, 5.74) is 0. The fourth-order valence-electron chi connectivity index (χ4n) is 5.51. The average Bonchev–Trinajstić information content (AvgIpc) is 2.93. The molecule has 0 heterocycles. The SMILES string of the molecule is CCCCCCCCCCCCCCCCCC(=O)OC(=O)CCCCCCCCCCCCCCCCC.[Na]. The Kier molecular flexibility index (Phi) is 39.3. The first kappa shape index (κ1) is 42.3. The summed E-state index contributed by atoms with van der Waals surface area (Å²) in [7, 11) is 0. The summed E-state index contributed by atoms with van der Waals surface area (Å²) in [6, 6.07) is 0. The molecular weight excluding hydrogens is 503 g/mol. The van der Waals surface area contributed by atoms with Gasteiger partial charge in [0.25, 0.3) is 0 Å². The van der Waals surface area contributed by atoms with Crippen molar-refractivity contribution < 1.29 is 14.3 Å². The molecule has 233 valence electrons. The molecular formula is C36H70NaO3. The van der Waals surface area contributed by atoms with Gasteiger partial charge < -0.3 is 4.74 Å². The smallest absolute Gasteiger partial charge is 0.313 e. The van der Waals surface area contributed by atoms with Crippen molar-refractivity contribution in [3.63, 3.8) is 0 Å². The molecule has 0 bridgehead atoms. The van der Waals surface area contributed by atoms with Gasteiger partial charge in [0.15, 0.2) is 0 Å². The van der Waals surface area contributed by atoms with Gasteiger partial charge in [-0.3, -0.25) is 9.59 Å². The van der Waals surface area contributed by atoms with E-state index < -0.39 is 0 Å². The van der Waals surface area contributed by atoms with Crippen molar-refractivity contribution in [1.82, 2.24) is 0 Å². The Morgan fingerprint density at radius 1 is 0.325 bits per heavy atom. The van der Waals surface area contributed by atoms with Gasteiger partial charge in [-0.1, -0.05) is 194 Å². The average molecular weight is 574 g/mol. The predicted octanol–water partition coefficient (Wildman–Crippen LogP) is 12.2. The maximum atomic E-state index is 11.9. The summed E-state index contributed by atoms with van der Waals surface area (Å²) < 4.78 is 5.01. The van der Waals surface area contributed by atoms with Crippen LogP contribution in [0.15, 0.2) is 0 Å². The molecule has 0 amide bonds. The molecule has 0 unspecified atom stereocenters. The topological polar surface area (TPSA) is 43.4 Å². The van der Waals surface area contributed by atoms with Gasteiger partial charge in [0.05, 0.1) is 0 Å². The molecule has 40 heavy (non-hydrogen) atoms. The molecule has 0 aliphatic heterocycles. The molecule has 4 heteroatoms. The summed E-state index contributed by atoms with van der Waals surface area (Å²) in [5.74, 6) is -0.647. The Bertz CT molecular complexity index is 464. The van der Waals surface area contributed by atoms with Crippen LogP contribution in [0.4, 0.5) is 0 Å². The summed E-state index contributed by atoms with van der Waals surface area (Å²) >= 11 is 0. The minimum atomic E-state index is -0.323. The predicted molar refractivity (Wildman–Crippen MR) is 176 cm³/mol. The van der Waals surface area contributed by atoms with E-state index in [9.17, 15) is 9.59 Å². The van der Waals surface area contributed by atoms with E-state index in [1.165, 1.54) is 167 Å². The van der Waals surface area contributed by atoms with Crippen molar-refractivity contribution >= 4 is 41.5 Å².